The van der Waals surface area contributed by atoms with E-state index in [1.165, 1.54) is 12.0 Å². The van der Waals surface area contributed by atoms with Gasteiger partial charge < -0.3 is 5.32 Å². The fourth-order valence-corrected chi connectivity index (χ4v) is 5.67. The first-order valence-corrected chi connectivity index (χ1v) is 12.3. The third-order valence-electron chi connectivity index (χ3n) is 7.59. The van der Waals surface area contributed by atoms with Crippen LogP contribution in [0.25, 0.3) is 0 Å². The average Bonchev–Trinajstić information content (AvgIpc) is 3.45. The van der Waals surface area contributed by atoms with Gasteiger partial charge in [-0.05, 0) is 48.8 Å². The van der Waals surface area contributed by atoms with Crippen LogP contribution in [0.4, 0.5) is 0 Å². The Hall–Kier alpha value is -3.24. The molecule has 0 bridgehead atoms. The first-order chi connectivity index (χ1) is 16.6. The standard InChI is InChI=1S/C30H32N2O2/c1-21(24-13-8-14-25(17-24)29(33)23-11-6-3-7-12-23)30(34)31-28-16-15-26-19-32(20-27(26)28)18-22-9-4-2-5-10-22/h2-14,17,21,26-28H,15-16,18-20H2,1H3,(H,31,34)/t21-,26+,27+,28+/m0/s1. The number of carbonyl (C=O) groups is 2. The lowest BCUT2D eigenvalue weighted by molar-refractivity contribution is -0.123. The Kier molecular flexibility index (Phi) is 6.59. The molecule has 0 spiro atoms. The van der Waals surface area contributed by atoms with E-state index in [-0.39, 0.29) is 23.7 Å². The SMILES string of the molecule is C[C@H](C(=O)N[C@@H]1CC[C@@H]2CN(Cc3ccccc3)C[C@H]21)c1cccc(C(=O)c2ccccc2)c1. The Labute approximate surface area is 202 Å². The summed E-state index contributed by atoms with van der Waals surface area (Å²) in [6, 6.07) is 27.6. The topological polar surface area (TPSA) is 49.4 Å². The second kappa shape index (κ2) is 9.94. The Morgan fingerprint density at radius 3 is 2.35 bits per heavy atom. The summed E-state index contributed by atoms with van der Waals surface area (Å²) in [4.78, 5) is 28.6. The molecule has 3 aromatic rings. The van der Waals surface area contributed by atoms with E-state index in [1.54, 1.807) is 0 Å². The highest BCUT2D eigenvalue weighted by Gasteiger charge is 2.43. The molecular weight excluding hydrogens is 420 g/mol. The molecule has 174 valence electrons. The molecular formula is C30H32N2O2. The zero-order valence-corrected chi connectivity index (χ0v) is 19.7. The Morgan fingerprint density at radius 1 is 0.882 bits per heavy atom. The smallest absolute Gasteiger partial charge is 0.227 e. The highest BCUT2D eigenvalue weighted by molar-refractivity contribution is 6.09. The van der Waals surface area contributed by atoms with Crippen molar-refractivity contribution in [1.82, 2.24) is 10.2 Å². The summed E-state index contributed by atoms with van der Waals surface area (Å²) >= 11 is 0. The monoisotopic (exact) mass is 452 g/mol. The summed E-state index contributed by atoms with van der Waals surface area (Å²) in [7, 11) is 0. The molecule has 0 aromatic heterocycles. The minimum atomic E-state index is -0.301. The van der Waals surface area contributed by atoms with Crippen molar-refractivity contribution < 1.29 is 9.59 Å². The third kappa shape index (κ3) is 4.83. The normalized spacial score (nSPS) is 22.8. The first-order valence-electron chi connectivity index (χ1n) is 12.3. The van der Waals surface area contributed by atoms with E-state index in [1.807, 2.05) is 61.5 Å². The van der Waals surface area contributed by atoms with Crippen molar-refractivity contribution in [3.05, 3.63) is 107 Å². The zero-order chi connectivity index (χ0) is 23.5. The van der Waals surface area contributed by atoms with Gasteiger partial charge in [-0.3, -0.25) is 14.5 Å². The number of benzene rings is 3. The second-order valence-electron chi connectivity index (χ2n) is 9.84. The molecule has 0 radical (unpaired) electrons. The molecule has 1 aliphatic carbocycles. The highest BCUT2D eigenvalue weighted by atomic mass is 16.2. The van der Waals surface area contributed by atoms with Gasteiger partial charge in [-0.15, -0.1) is 0 Å². The van der Waals surface area contributed by atoms with Gasteiger partial charge in [0.2, 0.25) is 5.91 Å². The van der Waals surface area contributed by atoms with Gasteiger partial charge >= 0.3 is 0 Å². The lowest BCUT2D eigenvalue weighted by Gasteiger charge is -2.24. The minimum absolute atomic E-state index is 0.0156. The van der Waals surface area contributed by atoms with E-state index in [2.05, 4.69) is 40.5 Å². The number of likely N-dealkylation sites (tertiary alicyclic amines) is 1. The van der Waals surface area contributed by atoms with Crippen molar-refractivity contribution in [3.63, 3.8) is 0 Å². The summed E-state index contributed by atoms with van der Waals surface area (Å²) in [5.41, 5.74) is 3.51. The van der Waals surface area contributed by atoms with E-state index in [0.717, 1.165) is 31.6 Å². The van der Waals surface area contributed by atoms with E-state index in [4.69, 9.17) is 0 Å². The molecule has 1 aliphatic heterocycles. The Bertz CT molecular complexity index is 1140. The summed E-state index contributed by atoms with van der Waals surface area (Å²) in [5, 5.41) is 3.36. The van der Waals surface area contributed by atoms with Crippen molar-refractivity contribution >= 4 is 11.7 Å². The predicted octanol–water partition coefficient (Wildman–Crippen LogP) is 5.05. The molecule has 4 heteroatoms. The maximum Gasteiger partial charge on any atom is 0.227 e. The molecule has 3 aromatic carbocycles. The molecule has 1 saturated heterocycles. The van der Waals surface area contributed by atoms with Crippen molar-refractivity contribution in [1.29, 1.82) is 0 Å². The molecule has 1 saturated carbocycles. The van der Waals surface area contributed by atoms with Gasteiger partial charge in [-0.2, -0.15) is 0 Å². The van der Waals surface area contributed by atoms with Crippen molar-refractivity contribution in [3.8, 4) is 0 Å². The van der Waals surface area contributed by atoms with Crippen LogP contribution in [0.3, 0.4) is 0 Å². The van der Waals surface area contributed by atoms with Crippen molar-refractivity contribution in [2.75, 3.05) is 13.1 Å². The molecule has 5 rings (SSSR count). The van der Waals surface area contributed by atoms with Gasteiger partial charge in [0, 0.05) is 36.8 Å². The van der Waals surface area contributed by atoms with Crippen LogP contribution in [-0.2, 0) is 11.3 Å². The van der Waals surface area contributed by atoms with Gasteiger partial charge in [0.25, 0.3) is 0 Å². The molecule has 2 fully saturated rings. The summed E-state index contributed by atoms with van der Waals surface area (Å²) in [5.74, 6) is 0.918. The lowest BCUT2D eigenvalue weighted by atomic mass is 9.94. The number of hydrogen-bond donors (Lipinski definition) is 1. The largest absolute Gasteiger partial charge is 0.353 e. The number of ketones is 1. The van der Waals surface area contributed by atoms with E-state index in [9.17, 15) is 9.59 Å². The minimum Gasteiger partial charge on any atom is -0.353 e. The number of rotatable bonds is 7. The van der Waals surface area contributed by atoms with Crippen LogP contribution < -0.4 is 5.32 Å². The van der Waals surface area contributed by atoms with Gasteiger partial charge in [0.05, 0.1) is 5.92 Å². The zero-order valence-electron chi connectivity index (χ0n) is 19.7. The Morgan fingerprint density at radius 2 is 1.59 bits per heavy atom. The van der Waals surface area contributed by atoms with Crippen LogP contribution >= 0.6 is 0 Å². The fourth-order valence-electron chi connectivity index (χ4n) is 5.67. The molecule has 34 heavy (non-hydrogen) atoms. The number of nitrogens with zero attached hydrogens (tertiary/aromatic N) is 1. The van der Waals surface area contributed by atoms with Crippen molar-refractivity contribution in [2.24, 2.45) is 11.8 Å². The number of hydrogen-bond acceptors (Lipinski definition) is 3. The maximum atomic E-state index is 13.2. The van der Waals surface area contributed by atoms with E-state index in [0.29, 0.717) is 23.0 Å². The lowest BCUT2D eigenvalue weighted by Crippen LogP contribution is -2.41. The van der Waals surface area contributed by atoms with E-state index < -0.39 is 0 Å². The van der Waals surface area contributed by atoms with Crippen LogP contribution in [0.5, 0.6) is 0 Å². The van der Waals surface area contributed by atoms with Crippen molar-refractivity contribution in [2.45, 2.75) is 38.3 Å². The average molecular weight is 453 g/mol. The van der Waals surface area contributed by atoms with Gasteiger partial charge in [-0.25, -0.2) is 0 Å². The number of carbonyl (C=O) groups excluding carboxylic acids is 2. The van der Waals surface area contributed by atoms with Gasteiger partial charge in [0.15, 0.2) is 5.78 Å². The van der Waals surface area contributed by atoms with Crippen LogP contribution in [-0.4, -0.2) is 35.7 Å². The van der Waals surface area contributed by atoms with Crippen LogP contribution in [0, 0.1) is 11.8 Å². The molecule has 1 heterocycles. The molecule has 0 unspecified atom stereocenters. The van der Waals surface area contributed by atoms with Gasteiger partial charge in [0.1, 0.15) is 0 Å². The quantitative estimate of drug-likeness (QED) is 0.511. The first kappa shape index (κ1) is 22.5. The number of fused-ring (bicyclic) bond motifs is 1. The molecule has 2 aliphatic rings. The summed E-state index contributed by atoms with van der Waals surface area (Å²) < 4.78 is 0. The van der Waals surface area contributed by atoms with Crippen LogP contribution in [0.1, 0.15) is 52.7 Å². The second-order valence-corrected chi connectivity index (χ2v) is 9.84. The molecule has 1 amide bonds. The van der Waals surface area contributed by atoms with Gasteiger partial charge in [-0.1, -0.05) is 78.9 Å². The number of amides is 1. The predicted molar refractivity (Wildman–Crippen MR) is 135 cm³/mol. The molecule has 4 atom stereocenters. The van der Waals surface area contributed by atoms with Crippen LogP contribution in [0.15, 0.2) is 84.9 Å². The Balaban J connectivity index is 1.21. The highest BCUT2D eigenvalue weighted by Crippen LogP contribution is 2.39. The summed E-state index contributed by atoms with van der Waals surface area (Å²) in [6.45, 7) is 5.07. The fraction of sp³-hybridized carbons (Fsp3) is 0.333. The summed E-state index contributed by atoms with van der Waals surface area (Å²) in [6.07, 6.45) is 2.23. The number of nitrogens with one attached hydrogen (secondary N) is 1. The third-order valence-corrected chi connectivity index (χ3v) is 7.59. The van der Waals surface area contributed by atoms with Crippen LogP contribution in [0.2, 0.25) is 0 Å². The molecule has 1 N–H and O–H groups in total. The molecule has 4 nitrogen and oxygen atoms in total. The maximum absolute atomic E-state index is 13.2. The van der Waals surface area contributed by atoms with E-state index >= 15 is 0 Å².